The maximum Gasteiger partial charge on any atom is 0.322 e. The molecule has 2 aromatic carbocycles. The number of benzene rings is 2. The zero-order valence-corrected chi connectivity index (χ0v) is 20.7. The molecular weight excluding hydrogens is 448 g/mol. The van der Waals surface area contributed by atoms with Crippen LogP contribution in [0.4, 0.5) is 17.6 Å². The first-order valence-electron chi connectivity index (χ1n) is 11.5. The van der Waals surface area contributed by atoms with Crippen molar-refractivity contribution >= 4 is 17.6 Å². The summed E-state index contributed by atoms with van der Waals surface area (Å²) in [4.78, 5) is 18.0. The van der Waals surface area contributed by atoms with Crippen molar-refractivity contribution in [3.63, 3.8) is 0 Å². The molecule has 1 N–H and O–H groups in total. The number of methoxy groups -OCH3 is 4. The van der Waals surface area contributed by atoms with Gasteiger partial charge < -0.3 is 34.1 Å². The van der Waals surface area contributed by atoms with E-state index >= 15 is 0 Å². The molecule has 0 atom stereocenters. The van der Waals surface area contributed by atoms with E-state index < -0.39 is 0 Å². The van der Waals surface area contributed by atoms with E-state index in [2.05, 4.69) is 42.2 Å². The van der Waals surface area contributed by atoms with Crippen LogP contribution in [0.3, 0.4) is 0 Å². The molecule has 0 unspecified atom stereocenters. The Balaban J connectivity index is 1.37. The van der Waals surface area contributed by atoms with Crippen LogP contribution in [-0.2, 0) is 6.42 Å². The lowest BCUT2D eigenvalue weighted by Gasteiger charge is -2.36. The fourth-order valence-electron chi connectivity index (χ4n) is 3.97. The van der Waals surface area contributed by atoms with E-state index in [1.54, 1.807) is 28.4 Å². The summed E-state index contributed by atoms with van der Waals surface area (Å²) >= 11 is 0. The second-order valence-electron chi connectivity index (χ2n) is 7.98. The van der Waals surface area contributed by atoms with Gasteiger partial charge in [-0.1, -0.05) is 6.07 Å². The summed E-state index contributed by atoms with van der Waals surface area (Å²) in [5, 5.41) is 3.30. The van der Waals surface area contributed by atoms with Crippen molar-refractivity contribution in [2.24, 2.45) is 0 Å². The van der Waals surface area contributed by atoms with Gasteiger partial charge in [-0.25, -0.2) is 0 Å². The van der Waals surface area contributed by atoms with Crippen LogP contribution < -0.4 is 34.1 Å². The Morgan fingerprint density at radius 1 is 0.743 bits per heavy atom. The van der Waals surface area contributed by atoms with E-state index in [0.717, 1.165) is 43.9 Å². The number of rotatable bonds is 10. The van der Waals surface area contributed by atoms with Gasteiger partial charge in [0.15, 0.2) is 11.5 Å². The molecule has 0 saturated carbocycles. The predicted molar refractivity (Wildman–Crippen MR) is 136 cm³/mol. The summed E-state index contributed by atoms with van der Waals surface area (Å²) in [5.41, 5.74) is 2.29. The highest BCUT2D eigenvalue weighted by atomic mass is 16.5. The van der Waals surface area contributed by atoms with Gasteiger partial charge in [-0.2, -0.15) is 15.0 Å². The van der Waals surface area contributed by atoms with Crippen LogP contribution >= 0.6 is 0 Å². The van der Waals surface area contributed by atoms with E-state index in [9.17, 15) is 0 Å². The number of nitrogens with one attached hydrogen (secondary N) is 1. The molecule has 1 aliphatic heterocycles. The third-order valence-electron chi connectivity index (χ3n) is 5.93. The number of hydrogen-bond donors (Lipinski definition) is 1. The maximum absolute atomic E-state index is 5.39. The Morgan fingerprint density at radius 2 is 1.46 bits per heavy atom. The third kappa shape index (κ3) is 5.95. The highest BCUT2D eigenvalue weighted by Gasteiger charge is 2.21. The molecule has 0 spiro atoms. The van der Waals surface area contributed by atoms with Crippen LogP contribution in [0.25, 0.3) is 0 Å². The van der Waals surface area contributed by atoms with Crippen LogP contribution in [0.5, 0.6) is 23.3 Å². The Bertz CT molecular complexity index is 1100. The summed E-state index contributed by atoms with van der Waals surface area (Å²) in [6, 6.07) is 14.3. The molecule has 0 aliphatic carbocycles. The minimum atomic E-state index is 0.293. The molecule has 35 heavy (non-hydrogen) atoms. The highest BCUT2D eigenvalue weighted by Crippen LogP contribution is 2.28. The molecule has 3 aromatic rings. The van der Waals surface area contributed by atoms with Crippen LogP contribution in [-0.4, -0.2) is 76.1 Å². The standard InChI is InChI=1S/C25H32N6O4/c1-32-20-8-6-19(7-9-20)30-13-15-31(16-14-30)24-27-23(28-25(29-24)35-4)26-12-11-18-5-10-21(33-2)22(17-18)34-3/h5-10,17H,11-16H2,1-4H3,(H,26,27,28,29). The van der Waals surface area contributed by atoms with Gasteiger partial charge in [-0.05, 0) is 48.4 Å². The lowest BCUT2D eigenvalue weighted by atomic mass is 10.1. The van der Waals surface area contributed by atoms with E-state index in [0.29, 0.717) is 36.0 Å². The van der Waals surface area contributed by atoms with Crippen molar-refractivity contribution in [1.82, 2.24) is 15.0 Å². The summed E-state index contributed by atoms with van der Waals surface area (Å²) in [6.07, 6.45) is 0.768. The molecule has 1 saturated heterocycles. The SMILES string of the molecule is COc1ccc(N2CCN(c3nc(NCCc4ccc(OC)c(OC)c4)nc(OC)n3)CC2)cc1. The highest BCUT2D eigenvalue weighted by molar-refractivity contribution is 5.51. The summed E-state index contributed by atoms with van der Waals surface area (Å²) in [5.74, 6) is 3.38. The number of nitrogens with zero attached hydrogens (tertiary/aromatic N) is 5. The van der Waals surface area contributed by atoms with Crippen molar-refractivity contribution in [3.8, 4) is 23.3 Å². The Morgan fingerprint density at radius 3 is 2.11 bits per heavy atom. The molecule has 0 bridgehead atoms. The Kier molecular flexibility index (Phi) is 7.92. The van der Waals surface area contributed by atoms with E-state index in [1.807, 2.05) is 30.3 Å². The molecule has 10 heteroatoms. The van der Waals surface area contributed by atoms with Gasteiger partial charge in [0.05, 0.1) is 28.4 Å². The first-order valence-corrected chi connectivity index (χ1v) is 11.5. The second kappa shape index (κ2) is 11.5. The minimum absolute atomic E-state index is 0.293. The maximum atomic E-state index is 5.39. The average molecular weight is 481 g/mol. The number of piperazine rings is 1. The van der Waals surface area contributed by atoms with Gasteiger partial charge in [0.2, 0.25) is 11.9 Å². The number of anilines is 3. The molecule has 1 fully saturated rings. The molecule has 1 aromatic heterocycles. The summed E-state index contributed by atoms with van der Waals surface area (Å²) in [6.45, 7) is 3.96. The van der Waals surface area contributed by atoms with Crippen molar-refractivity contribution in [1.29, 1.82) is 0 Å². The zero-order valence-electron chi connectivity index (χ0n) is 20.7. The number of aromatic nitrogens is 3. The van der Waals surface area contributed by atoms with Gasteiger partial charge >= 0.3 is 6.01 Å². The van der Waals surface area contributed by atoms with Crippen LogP contribution in [0, 0.1) is 0 Å². The largest absolute Gasteiger partial charge is 0.497 e. The van der Waals surface area contributed by atoms with E-state index in [4.69, 9.17) is 18.9 Å². The predicted octanol–water partition coefficient (Wildman–Crippen LogP) is 2.89. The zero-order chi connectivity index (χ0) is 24.6. The van der Waals surface area contributed by atoms with Crippen molar-refractivity contribution < 1.29 is 18.9 Å². The smallest absolute Gasteiger partial charge is 0.322 e. The number of ether oxygens (including phenoxy) is 4. The van der Waals surface area contributed by atoms with Gasteiger partial charge in [0.1, 0.15) is 5.75 Å². The van der Waals surface area contributed by atoms with Crippen LogP contribution in [0.1, 0.15) is 5.56 Å². The molecular formula is C25H32N6O4. The van der Waals surface area contributed by atoms with E-state index in [-0.39, 0.29) is 0 Å². The monoisotopic (exact) mass is 480 g/mol. The van der Waals surface area contributed by atoms with Crippen molar-refractivity contribution in [2.45, 2.75) is 6.42 Å². The molecule has 186 valence electrons. The van der Waals surface area contributed by atoms with Gasteiger partial charge in [0.25, 0.3) is 0 Å². The first-order chi connectivity index (χ1) is 17.1. The molecule has 0 amide bonds. The van der Waals surface area contributed by atoms with Gasteiger partial charge in [-0.3, -0.25) is 0 Å². The van der Waals surface area contributed by atoms with Crippen molar-refractivity contribution in [2.75, 3.05) is 76.3 Å². The molecule has 1 aliphatic rings. The van der Waals surface area contributed by atoms with Crippen molar-refractivity contribution in [3.05, 3.63) is 48.0 Å². The van der Waals surface area contributed by atoms with Gasteiger partial charge in [-0.15, -0.1) is 0 Å². The minimum Gasteiger partial charge on any atom is -0.497 e. The summed E-state index contributed by atoms with van der Waals surface area (Å²) < 4.78 is 21.3. The van der Waals surface area contributed by atoms with Gasteiger partial charge in [0, 0.05) is 38.4 Å². The quantitative estimate of drug-likeness (QED) is 0.467. The third-order valence-corrected chi connectivity index (χ3v) is 5.93. The van der Waals surface area contributed by atoms with Crippen LogP contribution in [0.2, 0.25) is 0 Å². The lowest BCUT2D eigenvalue weighted by molar-refractivity contribution is 0.354. The van der Waals surface area contributed by atoms with Crippen LogP contribution in [0.15, 0.2) is 42.5 Å². The molecule has 4 rings (SSSR count). The fraction of sp³-hybridized carbons (Fsp3) is 0.400. The lowest BCUT2D eigenvalue weighted by Crippen LogP contribution is -2.47. The molecule has 10 nitrogen and oxygen atoms in total. The topological polar surface area (TPSA) is 94.1 Å². The first kappa shape index (κ1) is 24.2. The number of hydrogen-bond acceptors (Lipinski definition) is 10. The molecule has 0 radical (unpaired) electrons. The van der Waals surface area contributed by atoms with E-state index in [1.165, 1.54) is 5.69 Å². The Labute approximate surface area is 205 Å². The second-order valence-corrected chi connectivity index (χ2v) is 7.98. The Hall–Kier alpha value is -3.95. The average Bonchev–Trinajstić information content (AvgIpc) is 2.93. The summed E-state index contributed by atoms with van der Waals surface area (Å²) in [7, 11) is 6.50. The molecule has 2 heterocycles. The fourth-order valence-corrected chi connectivity index (χ4v) is 3.97. The normalized spacial score (nSPS) is 13.4.